The SMILES string of the molecule is C1=CB2c3cc4c(cc3-c3ccc(-c5nc(-c6ccccc6)nc(-c6cccc(-c7ccccc7)c6)n5)cc3N2C=C1)-c1ccccc1C41c2ccccc2-c2ccccc21. The number of allylic oxidation sites excluding steroid dienone is 2. The molecule has 9 aromatic rings. The summed E-state index contributed by atoms with van der Waals surface area (Å²) in [5.41, 5.74) is 20.2. The largest absolute Gasteiger partial charge is 0.383 e. The van der Waals surface area contributed by atoms with Crippen LogP contribution >= 0.6 is 0 Å². The van der Waals surface area contributed by atoms with E-state index in [1.165, 1.54) is 61.1 Å². The van der Waals surface area contributed by atoms with Gasteiger partial charge in [-0.3, -0.25) is 0 Å². The fourth-order valence-electron chi connectivity index (χ4n) is 10.5. The van der Waals surface area contributed by atoms with E-state index in [4.69, 9.17) is 15.0 Å². The first kappa shape index (κ1) is 34.0. The Hall–Kier alpha value is -7.89. The van der Waals surface area contributed by atoms with Gasteiger partial charge in [0.25, 0.3) is 0 Å². The van der Waals surface area contributed by atoms with Gasteiger partial charge in [-0.25, -0.2) is 15.0 Å². The van der Waals surface area contributed by atoms with Gasteiger partial charge < -0.3 is 4.81 Å². The van der Waals surface area contributed by atoms with Crippen molar-refractivity contribution in [2.24, 2.45) is 0 Å². The topological polar surface area (TPSA) is 41.9 Å². The number of benzene rings is 8. The fraction of sp³-hybridized carbons (Fsp3) is 0.0179. The molecule has 0 fully saturated rings. The van der Waals surface area contributed by atoms with Crippen molar-refractivity contribution in [3.05, 3.63) is 235 Å². The zero-order chi connectivity index (χ0) is 40.1. The van der Waals surface area contributed by atoms with E-state index >= 15 is 0 Å². The van der Waals surface area contributed by atoms with Crippen LogP contribution < -0.4 is 10.3 Å². The van der Waals surface area contributed by atoms with E-state index < -0.39 is 5.41 Å². The third-order valence-corrected chi connectivity index (χ3v) is 13.2. The van der Waals surface area contributed by atoms with Gasteiger partial charge in [0.2, 0.25) is 0 Å². The number of hydrogen-bond acceptors (Lipinski definition) is 4. The van der Waals surface area contributed by atoms with Crippen molar-refractivity contribution in [2.45, 2.75) is 5.41 Å². The minimum absolute atomic E-state index is 0.00947. The van der Waals surface area contributed by atoms with Gasteiger partial charge in [0.05, 0.1) is 5.41 Å². The van der Waals surface area contributed by atoms with Crippen molar-refractivity contribution in [1.29, 1.82) is 0 Å². The van der Waals surface area contributed by atoms with Crippen molar-refractivity contribution in [3.63, 3.8) is 0 Å². The lowest BCUT2D eigenvalue weighted by Gasteiger charge is -2.38. The molecule has 2 aliphatic heterocycles. The van der Waals surface area contributed by atoms with Crippen LogP contribution in [-0.2, 0) is 5.41 Å². The maximum absolute atomic E-state index is 5.21. The van der Waals surface area contributed by atoms with Crippen LogP contribution in [0, 0.1) is 0 Å². The van der Waals surface area contributed by atoms with Gasteiger partial charge in [0.1, 0.15) is 0 Å². The number of hydrogen-bond donors (Lipinski definition) is 0. The molecule has 0 atom stereocenters. The molecule has 0 radical (unpaired) electrons. The summed E-state index contributed by atoms with van der Waals surface area (Å²) < 4.78 is 0. The Morgan fingerprint density at radius 3 is 1.57 bits per heavy atom. The first-order valence-electron chi connectivity index (χ1n) is 21.0. The summed E-state index contributed by atoms with van der Waals surface area (Å²) in [5, 5.41) is 0. The van der Waals surface area contributed by atoms with Gasteiger partial charge in [-0.2, -0.15) is 0 Å². The molecule has 8 aromatic carbocycles. The van der Waals surface area contributed by atoms with E-state index in [-0.39, 0.29) is 6.85 Å². The normalized spacial score (nSPS) is 14.2. The third kappa shape index (κ3) is 4.92. The summed E-state index contributed by atoms with van der Waals surface area (Å²) in [7, 11) is 0. The second kappa shape index (κ2) is 13.1. The third-order valence-electron chi connectivity index (χ3n) is 13.2. The van der Waals surface area contributed by atoms with Crippen molar-refractivity contribution in [3.8, 4) is 78.7 Å². The molecule has 1 spiro atoms. The maximum Gasteiger partial charge on any atom is 0.320 e. The van der Waals surface area contributed by atoms with Gasteiger partial charge in [0.15, 0.2) is 17.5 Å². The summed E-state index contributed by atoms with van der Waals surface area (Å²) in [4.78, 5) is 17.9. The molecule has 282 valence electrons. The zero-order valence-electron chi connectivity index (χ0n) is 33.1. The Kier molecular flexibility index (Phi) is 7.28. The molecule has 4 aliphatic rings. The van der Waals surface area contributed by atoms with Gasteiger partial charge >= 0.3 is 6.85 Å². The van der Waals surface area contributed by atoms with E-state index in [2.05, 4.69) is 193 Å². The molecule has 5 heteroatoms. The lowest BCUT2D eigenvalue weighted by molar-refractivity contribution is 0.794. The highest BCUT2D eigenvalue weighted by molar-refractivity contribution is 6.83. The predicted molar refractivity (Wildman–Crippen MR) is 249 cm³/mol. The van der Waals surface area contributed by atoms with E-state index in [1.807, 2.05) is 24.3 Å². The van der Waals surface area contributed by atoms with Crippen molar-refractivity contribution < 1.29 is 0 Å². The van der Waals surface area contributed by atoms with Crippen LogP contribution in [0.3, 0.4) is 0 Å². The Bertz CT molecular complexity index is 3290. The monoisotopic (exact) mass is 774 g/mol. The van der Waals surface area contributed by atoms with Gasteiger partial charge in [-0.1, -0.05) is 182 Å². The molecule has 0 bridgehead atoms. The van der Waals surface area contributed by atoms with E-state index in [0.29, 0.717) is 17.5 Å². The second-order valence-corrected chi connectivity index (χ2v) is 16.3. The van der Waals surface area contributed by atoms with Crippen LogP contribution in [0.5, 0.6) is 0 Å². The fourth-order valence-corrected chi connectivity index (χ4v) is 10.5. The van der Waals surface area contributed by atoms with Crippen molar-refractivity contribution in [2.75, 3.05) is 4.81 Å². The van der Waals surface area contributed by atoms with Crippen LogP contribution in [0.2, 0.25) is 0 Å². The molecular formula is C56H35BN4. The number of aromatic nitrogens is 3. The number of nitrogens with zero attached hydrogens (tertiary/aromatic N) is 4. The van der Waals surface area contributed by atoms with Crippen molar-refractivity contribution >= 4 is 18.0 Å². The Morgan fingerprint density at radius 1 is 0.361 bits per heavy atom. The molecule has 0 unspecified atom stereocenters. The minimum atomic E-state index is -0.398. The number of anilines is 1. The molecule has 0 saturated carbocycles. The van der Waals surface area contributed by atoms with Gasteiger partial charge in [0, 0.05) is 27.9 Å². The Labute approximate surface area is 355 Å². The van der Waals surface area contributed by atoms with E-state index in [0.717, 1.165) is 33.5 Å². The second-order valence-electron chi connectivity index (χ2n) is 16.3. The molecule has 13 rings (SSSR count). The molecule has 3 heterocycles. The van der Waals surface area contributed by atoms with E-state index in [1.54, 1.807) is 0 Å². The quantitative estimate of drug-likeness (QED) is 0.167. The number of rotatable bonds is 4. The summed E-state index contributed by atoms with van der Waals surface area (Å²) in [5.74, 6) is 4.26. The van der Waals surface area contributed by atoms with Crippen LogP contribution in [0.1, 0.15) is 22.3 Å². The molecule has 4 nitrogen and oxygen atoms in total. The van der Waals surface area contributed by atoms with Gasteiger partial charge in [-0.05, 0) is 97.1 Å². The molecule has 0 amide bonds. The molecule has 0 saturated heterocycles. The number of fused-ring (bicyclic) bond motifs is 16. The average molecular weight is 775 g/mol. The molecular weight excluding hydrogens is 739 g/mol. The summed E-state index contributed by atoms with van der Waals surface area (Å²) in [6, 6.07) is 68.0. The van der Waals surface area contributed by atoms with Crippen LogP contribution in [0.25, 0.3) is 78.7 Å². The van der Waals surface area contributed by atoms with Crippen LogP contribution in [0.4, 0.5) is 5.69 Å². The van der Waals surface area contributed by atoms with Crippen LogP contribution in [0.15, 0.2) is 212 Å². The molecule has 61 heavy (non-hydrogen) atoms. The summed E-state index contributed by atoms with van der Waals surface area (Å²) in [6.45, 7) is 0.00947. The first-order chi connectivity index (χ1) is 30.2. The highest BCUT2D eigenvalue weighted by Crippen LogP contribution is 2.63. The summed E-state index contributed by atoms with van der Waals surface area (Å²) in [6.07, 6.45) is 6.55. The zero-order valence-corrected chi connectivity index (χ0v) is 33.1. The highest BCUT2D eigenvalue weighted by Gasteiger charge is 2.52. The van der Waals surface area contributed by atoms with Crippen LogP contribution in [-0.4, -0.2) is 21.8 Å². The molecule has 0 N–H and O–H groups in total. The standard InChI is InChI=1S/C56H35BN4/c1-3-16-36(17-4-1)38-20-15-21-39(32-38)54-58-53(37-18-5-2-6-19-37)59-55(60-54)40-28-29-44-46-34-45-43-24-9-12-27-49(43)56(47-25-10-7-22-41(47)42-23-8-11-26-48(42)56)50(45)35-51(46)57-30-13-14-31-61(57)52(44)33-40/h1-35H. The van der Waals surface area contributed by atoms with E-state index in [9.17, 15) is 0 Å². The average Bonchev–Trinajstić information content (AvgIpc) is 3.81. The van der Waals surface area contributed by atoms with Gasteiger partial charge in [-0.15, -0.1) is 0 Å². The first-order valence-corrected chi connectivity index (χ1v) is 21.0. The lowest BCUT2D eigenvalue weighted by atomic mass is 9.49. The maximum atomic E-state index is 5.21. The lowest BCUT2D eigenvalue weighted by Crippen LogP contribution is -2.49. The Morgan fingerprint density at radius 2 is 0.902 bits per heavy atom. The predicted octanol–water partition coefficient (Wildman–Crippen LogP) is 12.2. The smallest absolute Gasteiger partial charge is 0.320 e. The molecule has 1 aromatic heterocycles. The Balaban J connectivity index is 1.00. The minimum Gasteiger partial charge on any atom is -0.383 e. The molecule has 2 aliphatic carbocycles. The highest BCUT2D eigenvalue weighted by atomic mass is 15.1. The van der Waals surface area contributed by atoms with Crippen molar-refractivity contribution in [1.82, 2.24) is 15.0 Å². The summed E-state index contributed by atoms with van der Waals surface area (Å²) >= 11 is 0.